The smallest absolute Gasteiger partial charge is 0.305 e. The maximum Gasteiger partial charge on any atom is 0.305 e. The number of esters is 2. The molecular formula is C22H42O4S. The van der Waals surface area contributed by atoms with Crippen LogP contribution in [0.4, 0.5) is 0 Å². The van der Waals surface area contributed by atoms with Gasteiger partial charge in [-0.15, -0.1) is 0 Å². The Labute approximate surface area is 171 Å². The molecule has 160 valence electrons. The lowest BCUT2D eigenvalue weighted by Gasteiger charge is -2.17. The van der Waals surface area contributed by atoms with E-state index in [9.17, 15) is 9.59 Å². The Morgan fingerprint density at radius 3 is 1.67 bits per heavy atom. The number of ether oxygens (including phenoxy) is 2. The summed E-state index contributed by atoms with van der Waals surface area (Å²) in [7, 11) is 0. The van der Waals surface area contributed by atoms with Crippen molar-refractivity contribution in [3.8, 4) is 0 Å². The molecule has 0 radical (unpaired) electrons. The fraction of sp³-hybridized carbons (Fsp3) is 0.909. The first-order chi connectivity index (χ1) is 12.8. The van der Waals surface area contributed by atoms with E-state index in [4.69, 9.17) is 9.47 Å². The second-order valence-corrected chi connectivity index (χ2v) is 9.41. The molecule has 0 aromatic heterocycles. The summed E-state index contributed by atoms with van der Waals surface area (Å²) in [6.45, 7) is 7.46. The van der Waals surface area contributed by atoms with Gasteiger partial charge in [0.25, 0.3) is 0 Å². The minimum absolute atomic E-state index is 0.137. The summed E-state index contributed by atoms with van der Waals surface area (Å²) in [5.74, 6) is 0.921. The first kappa shape index (κ1) is 26.3. The van der Waals surface area contributed by atoms with E-state index >= 15 is 0 Å². The molecule has 0 aliphatic carbocycles. The van der Waals surface area contributed by atoms with Gasteiger partial charge in [0.15, 0.2) is 0 Å². The maximum absolute atomic E-state index is 11.6. The van der Waals surface area contributed by atoms with Crippen molar-refractivity contribution in [1.29, 1.82) is 0 Å². The first-order valence-electron chi connectivity index (χ1n) is 10.7. The van der Waals surface area contributed by atoms with Crippen molar-refractivity contribution < 1.29 is 19.1 Å². The molecule has 0 aromatic carbocycles. The molecule has 0 atom stereocenters. The van der Waals surface area contributed by atoms with Gasteiger partial charge >= 0.3 is 11.9 Å². The van der Waals surface area contributed by atoms with E-state index in [0.717, 1.165) is 25.7 Å². The SMILES string of the molecule is CSCCCCCCC(=O)OCCCOC(=O)CCCCCCC(C)(C)C. The normalized spacial score (nSPS) is 11.4. The largest absolute Gasteiger partial charge is 0.466 e. The Bertz CT molecular complexity index is 377. The van der Waals surface area contributed by atoms with Crippen molar-refractivity contribution in [2.24, 2.45) is 5.41 Å². The van der Waals surface area contributed by atoms with Gasteiger partial charge < -0.3 is 9.47 Å². The lowest BCUT2D eigenvalue weighted by atomic mass is 9.89. The summed E-state index contributed by atoms with van der Waals surface area (Å²) < 4.78 is 10.4. The summed E-state index contributed by atoms with van der Waals surface area (Å²) >= 11 is 1.86. The molecule has 0 heterocycles. The van der Waals surface area contributed by atoms with E-state index in [1.54, 1.807) is 0 Å². The Morgan fingerprint density at radius 2 is 1.19 bits per heavy atom. The van der Waals surface area contributed by atoms with Crippen molar-refractivity contribution in [1.82, 2.24) is 0 Å². The van der Waals surface area contributed by atoms with E-state index in [-0.39, 0.29) is 11.9 Å². The number of carbonyl (C=O) groups is 2. The quantitative estimate of drug-likeness (QED) is 0.215. The van der Waals surface area contributed by atoms with E-state index in [1.807, 2.05) is 11.8 Å². The molecule has 0 amide bonds. The van der Waals surface area contributed by atoms with E-state index in [0.29, 0.717) is 37.9 Å². The average Bonchev–Trinajstić information content (AvgIpc) is 2.59. The van der Waals surface area contributed by atoms with Crippen LogP contribution in [-0.2, 0) is 19.1 Å². The summed E-state index contributed by atoms with van der Waals surface area (Å²) in [5, 5.41) is 0. The molecule has 0 fully saturated rings. The number of thioether (sulfide) groups is 1. The number of carbonyl (C=O) groups excluding carboxylic acids is 2. The van der Waals surface area contributed by atoms with Crippen molar-refractivity contribution in [3.63, 3.8) is 0 Å². The van der Waals surface area contributed by atoms with Gasteiger partial charge in [0.05, 0.1) is 13.2 Å². The van der Waals surface area contributed by atoms with E-state index < -0.39 is 0 Å². The molecule has 0 saturated heterocycles. The maximum atomic E-state index is 11.6. The Hall–Kier alpha value is -0.710. The van der Waals surface area contributed by atoms with Gasteiger partial charge in [0.1, 0.15) is 0 Å². The number of hydrogen-bond acceptors (Lipinski definition) is 5. The molecule has 0 spiro atoms. The minimum Gasteiger partial charge on any atom is -0.466 e. The predicted octanol–water partition coefficient (Wildman–Crippen LogP) is 6.16. The highest BCUT2D eigenvalue weighted by atomic mass is 32.2. The Morgan fingerprint density at radius 1 is 0.704 bits per heavy atom. The lowest BCUT2D eigenvalue weighted by molar-refractivity contribution is -0.146. The van der Waals surface area contributed by atoms with Crippen LogP contribution in [0.5, 0.6) is 0 Å². The van der Waals surface area contributed by atoms with Gasteiger partial charge in [0.2, 0.25) is 0 Å². The molecule has 4 nitrogen and oxygen atoms in total. The molecule has 5 heteroatoms. The summed E-state index contributed by atoms with van der Waals surface area (Å²) in [5.41, 5.74) is 0.399. The van der Waals surface area contributed by atoms with Crippen LogP contribution in [0.15, 0.2) is 0 Å². The summed E-state index contributed by atoms with van der Waals surface area (Å²) in [6.07, 6.45) is 13.7. The molecule has 27 heavy (non-hydrogen) atoms. The molecule has 0 aliphatic rings. The Kier molecular flexibility index (Phi) is 16.9. The van der Waals surface area contributed by atoms with Crippen LogP contribution in [0.1, 0.15) is 97.8 Å². The second-order valence-electron chi connectivity index (χ2n) is 8.43. The molecule has 0 bridgehead atoms. The van der Waals surface area contributed by atoms with E-state index in [2.05, 4.69) is 27.0 Å². The molecule has 0 N–H and O–H groups in total. The summed E-state index contributed by atoms with van der Waals surface area (Å²) in [6, 6.07) is 0. The number of rotatable bonds is 17. The average molecular weight is 403 g/mol. The zero-order valence-electron chi connectivity index (χ0n) is 18.1. The van der Waals surface area contributed by atoms with Crippen LogP contribution in [0.3, 0.4) is 0 Å². The van der Waals surface area contributed by atoms with Gasteiger partial charge in [-0.3, -0.25) is 9.59 Å². The third kappa shape index (κ3) is 21.4. The molecule has 0 aromatic rings. The van der Waals surface area contributed by atoms with Gasteiger partial charge in [-0.2, -0.15) is 11.8 Å². The molecule has 0 aliphatic heterocycles. The predicted molar refractivity (Wildman–Crippen MR) is 115 cm³/mol. The van der Waals surface area contributed by atoms with Crippen LogP contribution in [0, 0.1) is 5.41 Å². The van der Waals surface area contributed by atoms with E-state index in [1.165, 1.54) is 37.9 Å². The minimum atomic E-state index is -0.138. The van der Waals surface area contributed by atoms with Gasteiger partial charge in [0, 0.05) is 19.3 Å². The van der Waals surface area contributed by atoms with Crippen LogP contribution in [0.25, 0.3) is 0 Å². The summed E-state index contributed by atoms with van der Waals surface area (Å²) in [4.78, 5) is 23.2. The molecule has 0 unspecified atom stereocenters. The Balaban J connectivity index is 3.36. The third-order valence-corrected chi connectivity index (χ3v) is 5.05. The van der Waals surface area contributed by atoms with Crippen LogP contribution in [-0.4, -0.2) is 37.2 Å². The van der Waals surface area contributed by atoms with Gasteiger partial charge in [-0.1, -0.05) is 52.9 Å². The fourth-order valence-corrected chi connectivity index (χ4v) is 3.22. The number of unbranched alkanes of at least 4 members (excludes halogenated alkanes) is 6. The number of hydrogen-bond donors (Lipinski definition) is 0. The standard InChI is InChI=1S/C22H42O4S/c1-22(2,3)16-11-7-5-9-14-20(23)25-17-13-18-26-21(24)15-10-6-8-12-19-27-4/h5-19H2,1-4H3. The highest BCUT2D eigenvalue weighted by Crippen LogP contribution is 2.22. The van der Waals surface area contributed by atoms with Crippen LogP contribution >= 0.6 is 11.8 Å². The third-order valence-electron chi connectivity index (χ3n) is 4.35. The second kappa shape index (κ2) is 17.4. The van der Waals surface area contributed by atoms with Gasteiger partial charge in [-0.25, -0.2) is 0 Å². The van der Waals surface area contributed by atoms with Crippen LogP contribution < -0.4 is 0 Å². The highest BCUT2D eigenvalue weighted by molar-refractivity contribution is 7.98. The molecular weight excluding hydrogens is 360 g/mol. The zero-order chi connectivity index (χ0) is 20.4. The lowest BCUT2D eigenvalue weighted by Crippen LogP contribution is -2.10. The van der Waals surface area contributed by atoms with Crippen molar-refractivity contribution in [2.75, 3.05) is 25.2 Å². The fourth-order valence-electron chi connectivity index (χ4n) is 2.72. The molecule has 0 saturated carbocycles. The highest BCUT2D eigenvalue weighted by Gasteiger charge is 2.09. The van der Waals surface area contributed by atoms with Crippen molar-refractivity contribution in [3.05, 3.63) is 0 Å². The van der Waals surface area contributed by atoms with Crippen molar-refractivity contribution in [2.45, 2.75) is 97.8 Å². The van der Waals surface area contributed by atoms with Crippen LogP contribution in [0.2, 0.25) is 0 Å². The first-order valence-corrected chi connectivity index (χ1v) is 12.0. The molecule has 0 rings (SSSR count). The van der Waals surface area contributed by atoms with Crippen molar-refractivity contribution >= 4 is 23.7 Å². The topological polar surface area (TPSA) is 52.6 Å². The zero-order valence-corrected chi connectivity index (χ0v) is 19.0. The van der Waals surface area contributed by atoms with Gasteiger partial charge in [-0.05, 0) is 43.1 Å². The monoisotopic (exact) mass is 402 g/mol.